The van der Waals surface area contributed by atoms with Crippen LogP contribution >= 0.6 is 27.3 Å². The number of para-hydroxylation sites is 1. The summed E-state index contributed by atoms with van der Waals surface area (Å²) >= 11 is 4.49. The molecule has 8 nitrogen and oxygen atoms in total. The van der Waals surface area contributed by atoms with E-state index in [0.717, 1.165) is 0 Å². The summed E-state index contributed by atoms with van der Waals surface area (Å²) in [6.45, 7) is 2.08. The number of allylic oxidation sites excluding steroid dienone is 1. The number of carbonyl (C=O) groups is 1. The van der Waals surface area contributed by atoms with Crippen LogP contribution in [0.3, 0.4) is 0 Å². The van der Waals surface area contributed by atoms with Gasteiger partial charge in [-0.2, -0.15) is 0 Å². The summed E-state index contributed by atoms with van der Waals surface area (Å²) in [6, 6.07) is 10.0. The van der Waals surface area contributed by atoms with Crippen LogP contribution in [0, 0.1) is 0 Å². The minimum atomic E-state index is -0.766. The second-order valence-corrected chi connectivity index (χ2v) is 8.89. The van der Waals surface area contributed by atoms with Gasteiger partial charge in [0.05, 0.1) is 29.5 Å². The van der Waals surface area contributed by atoms with Crippen molar-refractivity contribution in [3.05, 3.63) is 83.3 Å². The van der Waals surface area contributed by atoms with Gasteiger partial charge in [-0.3, -0.25) is 9.36 Å². The van der Waals surface area contributed by atoms with Crippen molar-refractivity contribution in [1.82, 2.24) is 4.57 Å². The number of hydrogen-bond donors (Lipinski definition) is 0. The molecule has 2 aromatic heterocycles. The molecule has 0 fully saturated rings. The van der Waals surface area contributed by atoms with E-state index in [2.05, 4.69) is 20.9 Å². The Labute approximate surface area is 201 Å². The number of thiazole rings is 1. The van der Waals surface area contributed by atoms with E-state index >= 15 is 0 Å². The number of halogens is 1. The number of ether oxygens (including phenoxy) is 3. The molecule has 4 rings (SSSR count). The second-order valence-electron chi connectivity index (χ2n) is 7.09. The lowest BCUT2D eigenvalue weighted by molar-refractivity contribution is -0.140. The lowest BCUT2D eigenvalue weighted by Crippen LogP contribution is -2.40. The van der Waals surface area contributed by atoms with E-state index in [1.54, 1.807) is 38.3 Å². The van der Waals surface area contributed by atoms with Crippen LogP contribution in [0.15, 0.2) is 66.5 Å². The van der Waals surface area contributed by atoms with E-state index in [9.17, 15) is 9.59 Å². The van der Waals surface area contributed by atoms with Crippen molar-refractivity contribution in [2.24, 2.45) is 4.99 Å². The van der Waals surface area contributed by atoms with E-state index in [1.165, 1.54) is 23.0 Å². The molecule has 10 heteroatoms. The van der Waals surface area contributed by atoms with E-state index < -0.39 is 12.0 Å². The maximum atomic E-state index is 13.5. The van der Waals surface area contributed by atoms with Crippen LogP contribution in [0.25, 0.3) is 6.08 Å². The highest BCUT2D eigenvalue weighted by atomic mass is 79.9. The van der Waals surface area contributed by atoms with E-state index in [-0.39, 0.29) is 24.3 Å². The fourth-order valence-corrected chi connectivity index (χ4v) is 4.95. The van der Waals surface area contributed by atoms with Crippen LogP contribution in [-0.4, -0.2) is 38.0 Å². The van der Waals surface area contributed by atoms with Gasteiger partial charge in [0, 0.05) is 18.7 Å². The number of esters is 1. The summed E-state index contributed by atoms with van der Waals surface area (Å²) in [5, 5.41) is 0. The van der Waals surface area contributed by atoms with Crippen LogP contribution in [-0.2, 0) is 14.3 Å². The normalized spacial score (nSPS) is 15.9. The highest BCUT2D eigenvalue weighted by Crippen LogP contribution is 2.35. The molecule has 1 aromatic carbocycles. The second kappa shape index (κ2) is 9.90. The first-order chi connectivity index (χ1) is 15.9. The zero-order chi connectivity index (χ0) is 23.5. The summed E-state index contributed by atoms with van der Waals surface area (Å²) in [4.78, 5) is 31.7. The molecule has 0 amide bonds. The third-order valence-electron chi connectivity index (χ3n) is 5.06. The zero-order valence-electron chi connectivity index (χ0n) is 18.2. The average Bonchev–Trinajstić information content (AvgIpc) is 3.35. The van der Waals surface area contributed by atoms with E-state index in [4.69, 9.17) is 18.6 Å². The van der Waals surface area contributed by atoms with Gasteiger partial charge in [-0.15, -0.1) is 0 Å². The Kier molecular flexibility index (Phi) is 6.96. The lowest BCUT2D eigenvalue weighted by Gasteiger charge is -2.26. The maximum absolute atomic E-state index is 13.5. The predicted octanol–water partition coefficient (Wildman–Crippen LogP) is 2.79. The Morgan fingerprint density at radius 3 is 2.73 bits per heavy atom. The lowest BCUT2D eigenvalue weighted by atomic mass is 9.95. The first-order valence-corrected chi connectivity index (χ1v) is 11.6. The van der Waals surface area contributed by atoms with Gasteiger partial charge >= 0.3 is 5.97 Å². The number of hydrogen-bond acceptors (Lipinski definition) is 8. The monoisotopic (exact) mass is 532 g/mol. The van der Waals surface area contributed by atoms with Crippen molar-refractivity contribution >= 4 is 39.3 Å². The molecule has 0 radical (unpaired) electrons. The molecular formula is C23H21BrN2O6S. The van der Waals surface area contributed by atoms with Crippen molar-refractivity contribution in [2.45, 2.75) is 13.0 Å². The minimum absolute atomic E-state index is 0.0859. The highest BCUT2D eigenvalue weighted by molar-refractivity contribution is 9.10. The largest absolute Gasteiger partial charge is 0.496 e. The van der Waals surface area contributed by atoms with Gasteiger partial charge in [0.1, 0.15) is 24.2 Å². The molecule has 172 valence electrons. The van der Waals surface area contributed by atoms with E-state index in [0.29, 0.717) is 36.8 Å². The summed E-state index contributed by atoms with van der Waals surface area (Å²) in [5.74, 6) is 0.508. The van der Waals surface area contributed by atoms with Gasteiger partial charge in [0.25, 0.3) is 5.56 Å². The van der Waals surface area contributed by atoms with Gasteiger partial charge < -0.3 is 18.6 Å². The third kappa shape index (κ3) is 4.59. The molecule has 0 spiro atoms. The summed E-state index contributed by atoms with van der Waals surface area (Å²) in [5.41, 5.74) is 1.11. The Morgan fingerprint density at radius 1 is 1.24 bits per heavy atom. The number of aromatic nitrogens is 1. The van der Waals surface area contributed by atoms with Gasteiger partial charge in [0.15, 0.2) is 9.47 Å². The Hall–Kier alpha value is -2.95. The number of furan rings is 1. The fourth-order valence-electron chi connectivity index (χ4n) is 3.60. The van der Waals surface area contributed by atoms with Gasteiger partial charge in [-0.25, -0.2) is 9.79 Å². The molecule has 0 saturated heterocycles. The van der Waals surface area contributed by atoms with Gasteiger partial charge in [-0.1, -0.05) is 29.5 Å². The third-order valence-corrected chi connectivity index (χ3v) is 6.47. The molecule has 1 atom stereocenters. The highest BCUT2D eigenvalue weighted by Gasteiger charge is 2.35. The average molecular weight is 533 g/mol. The standard InChI is InChI=1S/C23H21BrN2O6S/c1-13-19(22(28)31-11-10-29-2)20(15-6-4-5-7-16(15)30-3)26-21(27)17(33-23(26)25-13)12-14-8-9-18(24)32-14/h4-9,12,20H,10-11H2,1-3H3. The first kappa shape index (κ1) is 23.2. The van der Waals surface area contributed by atoms with Crippen molar-refractivity contribution in [2.75, 3.05) is 27.4 Å². The number of methoxy groups -OCH3 is 2. The van der Waals surface area contributed by atoms with Crippen molar-refractivity contribution < 1.29 is 23.4 Å². The van der Waals surface area contributed by atoms with Crippen LogP contribution in [0.2, 0.25) is 0 Å². The van der Waals surface area contributed by atoms with Crippen molar-refractivity contribution in [1.29, 1.82) is 0 Å². The predicted molar refractivity (Wildman–Crippen MR) is 126 cm³/mol. The zero-order valence-corrected chi connectivity index (χ0v) is 20.6. The molecule has 1 aliphatic heterocycles. The first-order valence-electron chi connectivity index (χ1n) is 10.0. The molecule has 1 unspecified atom stereocenters. The van der Waals surface area contributed by atoms with Crippen LogP contribution in [0.4, 0.5) is 0 Å². The van der Waals surface area contributed by atoms with Crippen LogP contribution < -0.4 is 19.6 Å². The SMILES string of the molecule is COCCOC(=O)C1=C(C)N=c2sc(=Cc3ccc(Br)o3)c(=O)n2C1c1ccccc1OC. The topological polar surface area (TPSA) is 92.3 Å². The summed E-state index contributed by atoms with van der Waals surface area (Å²) < 4.78 is 24.0. The molecule has 0 bridgehead atoms. The molecule has 33 heavy (non-hydrogen) atoms. The molecule has 1 aliphatic rings. The molecule has 3 heterocycles. The number of benzene rings is 1. The molecule has 0 saturated carbocycles. The Bertz CT molecular complexity index is 1400. The molecule has 0 aliphatic carbocycles. The van der Waals surface area contributed by atoms with Crippen molar-refractivity contribution in [3.8, 4) is 5.75 Å². The number of nitrogens with zero attached hydrogens (tertiary/aromatic N) is 2. The summed E-state index contributed by atoms with van der Waals surface area (Å²) in [6.07, 6.45) is 1.66. The van der Waals surface area contributed by atoms with Crippen molar-refractivity contribution in [3.63, 3.8) is 0 Å². The summed E-state index contributed by atoms with van der Waals surface area (Å²) in [7, 11) is 3.07. The Morgan fingerprint density at radius 2 is 2.03 bits per heavy atom. The van der Waals surface area contributed by atoms with Crippen LogP contribution in [0.1, 0.15) is 24.3 Å². The number of carbonyl (C=O) groups excluding carboxylic acids is 1. The molecule has 0 N–H and O–H groups in total. The number of rotatable bonds is 7. The van der Waals surface area contributed by atoms with Gasteiger partial charge in [-0.05, 0) is 41.1 Å². The smallest absolute Gasteiger partial charge is 0.338 e. The van der Waals surface area contributed by atoms with Crippen LogP contribution in [0.5, 0.6) is 5.75 Å². The maximum Gasteiger partial charge on any atom is 0.338 e. The quantitative estimate of drug-likeness (QED) is 0.343. The fraction of sp³-hybridized carbons (Fsp3) is 0.261. The molecule has 3 aromatic rings. The van der Waals surface area contributed by atoms with E-state index in [1.807, 2.05) is 18.2 Å². The number of fused-ring (bicyclic) bond motifs is 1. The minimum Gasteiger partial charge on any atom is -0.496 e. The Balaban J connectivity index is 1.92. The molecular weight excluding hydrogens is 512 g/mol. The van der Waals surface area contributed by atoms with Gasteiger partial charge in [0.2, 0.25) is 0 Å².